The smallest absolute Gasteiger partial charge is 0.378 e. The first-order valence-corrected chi connectivity index (χ1v) is 12.8. The molecule has 0 spiro atoms. The van der Waals surface area contributed by atoms with Crippen LogP contribution in [0.3, 0.4) is 0 Å². The fraction of sp³-hybridized carbons (Fsp3) is 0.207. The SMILES string of the molecule is FC(F)(F)c1cccc(CNc2nc(Nc3ccc(N4CCOCC4)cc3)nc3c2ncn3-c2ccccc2)c1. The average Bonchev–Trinajstić information content (AvgIpc) is 3.41. The van der Waals surface area contributed by atoms with Gasteiger partial charge >= 0.3 is 6.18 Å². The highest BCUT2D eigenvalue weighted by Gasteiger charge is 2.30. The van der Waals surface area contributed by atoms with Gasteiger partial charge in [-0.05, 0) is 54.1 Å². The number of morpholine rings is 1. The van der Waals surface area contributed by atoms with Gasteiger partial charge in [-0.15, -0.1) is 0 Å². The third-order valence-corrected chi connectivity index (χ3v) is 6.64. The molecule has 1 aliphatic heterocycles. The monoisotopic (exact) mass is 545 g/mol. The molecule has 5 aromatic rings. The Hall–Kier alpha value is -4.64. The maximum absolute atomic E-state index is 13.2. The molecule has 1 aliphatic rings. The lowest BCUT2D eigenvalue weighted by atomic mass is 10.1. The summed E-state index contributed by atoms with van der Waals surface area (Å²) in [5, 5.41) is 6.44. The lowest BCUT2D eigenvalue weighted by molar-refractivity contribution is -0.137. The normalized spacial score (nSPS) is 13.9. The molecule has 8 nitrogen and oxygen atoms in total. The van der Waals surface area contributed by atoms with Crippen molar-refractivity contribution in [3.8, 4) is 5.69 Å². The first-order chi connectivity index (χ1) is 19.4. The Bertz CT molecular complexity index is 1600. The molecule has 2 aromatic heterocycles. The van der Waals surface area contributed by atoms with Crippen LogP contribution < -0.4 is 15.5 Å². The summed E-state index contributed by atoms with van der Waals surface area (Å²) in [6, 6.07) is 22.9. The van der Waals surface area contributed by atoms with Gasteiger partial charge in [-0.1, -0.05) is 30.3 Å². The van der Waals surface area contributed by atoms with Crippen LogP contribution in [0.4, 0.5) is 36.3 Å². The van der Waals surface area contributed by atoms with Crippen molar-refractivity contribution in [2.45, 2.75) is 12.7 Å². The van der Waals surface area contributed by atoms with Crippen LogP contribution in [-0.4, -0.2) is 45.8 Å². The van der Waals surface area contributed by atoms with Crippen molar-refractivity contribution in [3.63, 3.8) is 0 Å². The summed E-state index contributed by atoms with van der Waals surface area (Å²) in [4.78, 5) is 16.2. The molecule has 40 heavy (non-hydrogen) atoms. The minimum atomic E-state index is -4.42. The Morgan fingerprint density at radius 3 is 2.38 bits per heavy atom. The van der Waals surface area contributed by atoms with Gasteiger partial charge in [-0.2, -0.15) is 23.1 Å². The van der Waals surface area contributed by atoms with E-state index >= 15 is 0 Å². The van der Waals surface area contributed by atoms with Crippen LogP contribution in [0.15, 0.2) is 85.2 Å². The van der Waals surface area contributed by atoms with E-state index in [4.69, 9.17) is 9.72 Å². The van der Waals surface area contributed by atoms with E-state index in [1.165, 1.54) is 6.07 Å². The van der Waals surface area contributed by atoms with Crippen LogP contribution >= 0.6 is 0 Å². The number of nitrogens with one attached hydrogen (secondary N) is 2. The molecule has 204 valence electrons. The van der Waals surface area contributed by atoms with E-state index in [-0.39, 0.29) is 6.54 Å². The van der Waals surface area contributed by atoms with E-state index in [1.54, 1.807) is 12.4 Å². The highest BCUT2D eigenvalue weighted by atomic mass is 19.4. The molecule has 2 N–H and O–H groups in total. The molecule has 3 heterocycles. The predicted octanol–water partition coefficient (Wildman–Crippen LogP) is 6.03. The zero-order chi connectivity index (χ0) is 27.5. The van der Waals surface area contributed by atoms with E-state index in [9.17, 15) is 13.2 Å². The predicted molar refractivity (Wildman–Crippen MR) is 148 cm³/mol. The van der Waals surface area contributed by atoms with Crippen LogP contribution in [0.2, 0.25) is 0 Å². The Morgan fingerprint density at radius 1 is 0.850 bits per heavy atom. The van der Waals surface area contributed by atoms with Gasteiger partial charge in [0, 0.05) is 36.7 Å². The van der Waals surface area contributed by atoms with Crippen LogP contribution in [0, 0.1) is 0 Å². The van der Waals surface area contributed by atoms with Gasteiger partial charge in [0.2, 0.25) is 5.95 Å². The number of benzene rings is 3. The second kappa shape index (κ2) is 10.9. The summed E-state index contributed by atoms with van der Waals surface area (Å²) >= 11 is 0. The van der Waals surface area contributed by atoms with Gasteiger partial charge < -0.3 is 20.3 Å². The highest BCUT2D eigenvalue weighted by Crippen LogP contribution is 2.30. The van der Waals surface area contributed by atoms with Gasteiger partial charge in [-0.3, -0.25) is 4.57 Å². The van der Waals surface area contributed by atoms with E-state index < -0.39 is 11.7 Å². The van der Waals surface area contributed by atoms with Crippen molar-refractivity contribution in [3.05, 3.63) is 96.3 Å². The largest absolute Gasteiger partial charge is 0.416 e. The Balaban J connectivity index is 1.31. The minimum Gasteiger partial charge on any atom is -0.378 e. The third-order valence-electron chi connectivity index (χ3n) is 6.64. The van der Waals surface area contributed by atoms with E-state index in [0.717, 1.165) is 42.3 Å². The molecule has 1 fully saturated rings. The number of rotatable bonds is 7. The molecule has 6 rings (SSSR count). The van der Waals surface area contributed by atoms with E-state index in [0.29, 0.717) is 41.7 Å². The molecule has 1 saturated heterocycles. The molecule has 0 aliphatic carbocycles. The zero-order valence-corrected chi connectivity index (χ0v) is 21.4. The lowest BCUT2D eigenvalue weighted by Crippen LogP contribution is -2.36. The zero-order valence-electron chi connectivity index (χ0n) is 21.4. The molecular weight excluding hydrogens is 519 g/mol. The topological polar surface area (TPSA) is 80.1 Å². The van der Waals surface area contributed by atoms with Crippen LogP contribution in [0.1, 0.15) is 11.1 Å². The number of ether oxygens (including phenoxy) is 1. The number of para-hydroxylation sites is 1. The fourth-order valence-corrected chi connectivity index (χ4v) is 4.61. The number of hydrogen-bond donors (Lipinski definition) is 2. The summed E-state index contributed by atoms with van der Waals surface area (Å²) in [5.74, 6) is 0.736. The minimum absolute atomic E-state index is 0.127. The summed E-state index contributed by atoms with van der Waals surface area (Å²) < 4.78 is 47.0. The van der Waals surface area contributed by atoms with Crippen LogP contribution in [0.5, 0.6) is 0 Å². The average molecular weight is 546 g/mol. The Labute approximate surface area is 228 Å². The Kier molecular flexibility index (Phi) is 6.95. The quantitative estimate of drug-likeness (QED) is 0.259. The van der Waals surface area contributed by atoms with E-state index in [2.05, 4.69) is 25.5 Å². The van der Waals surface area contributed by atoms with Crippen molar-refractivity contribution in [1.29, 1.82) is 0 Å². The Morgan fingerprint density at radius 2 is 1.62 bits per heavy atom. The maximum Gasteiger partial charge on any atom is 0.416 e. The van der Waals surface area contributed by atoms with Gasteiger partial charge in [0.15, 0.2) is 17.0 Å². The number of anilines is 4. The first-order valence-electron chi connectivity index (χ1n) is 12.8. The number of aromatic nitrogens is 4. The van der Waals surface area contributed by atoms with Crippen molar-refractivity contribution in [2.75, 3.05) is 41.8 Å². The summed E-state index contributed by atoms with van der Waals surface area (Å²) in [6.07, 6.45) is -2.76. The molecule has 0 saturated carbocycles. The highest BCUT2D eigenvalue weighted by molar-refractivity contribution is 5.86. The summed E-state index contributed by atoms with van der Waals surface area (Å²) in [6.45, 7) is 3.23. The first kappa shape index (κ1) is 25.6. The molecular formula is C29H26F3N7O. The van der Waals surface area contributed by atoms with Gasteiger partial charge in [0.1, 0.15) is 6.33 Å². The maximum atomic E-state index is 13.2. The van der Waals surface area contributed by atoms with E-state index in [1.807, 2.05) is 59.2 Å². The van der Waals surface area contributed by atoms with Gasteiger partial charge in [-0.25, -0.2) is 4.98 Å². The van der Waals surface area contributed by atoms with Crippen molar-refractivity contribution >= 4 is 34.3 Å². The fourth-order valence-electron chi connectivity index (χ4n) is 4.61. The van der Waals surface area contributed by atoms with Gasteiger partial charge in [0.25, 0.3) is 0 Å². The number of imidazole rings is 1. The molecule has 0 unspecified atom stereocenters. The number of alkyl halides is 3. The van der Waals surface area contributed by atoms with Gasteiger partial charge in [0.05, 0.1) is 18.8 Å². The number of halogens is 3. The standard InChI is InChI=1S/C29H26F3N7O/c30-29(31,32)21-6-4-5-20(17-21)18-33-26-25-27(39(19-34-25)24-7-2-1-3-8-24)37-28(36-26)35-22-9-11-23(12-10-22)38-13-15-40-16-14-38/h1-12,17,19H,13-16,18H2,(H2,33,35,36,37). The number of hydrogen-bond acceptors (Lipinski definition) is 7. The molecule has 0 amide bonds. The molecule has 3 aromatic carbocycles. The van der Waals surface area contributed by atoms with Crippen LogP contribution in [0.25, 0.3) is 16.9 Å². The second-order valence-electron chi connectivity index (χ2n) is 9.34. The number of nitrogens with zero attached hydrogens (tertiary/aromatic N) is 5. The van der Waals surface area contributed by atoms with Crippen molar-refractivity contribution in [2.24, 2.45) is 0 Å². The summed E-state index contributed by atoms with van der Waals surface area (Å²) in [5.41, 5.74) is 3.60. The molecule has 0 bridgehead atoms. The van der Waals surface area contributed by atoms with Crippen LogP contribution in [-0.2, 0) is 17.5 Å². The molecule has 11 heteroatoms. The number of fused-ring (bicyclic) bond motifs is 1. The van der Waals surface area contributed by atoms with Crippen molar-refractivity contribution < 1.29 is 17.9 Å². The summed E-state index contributed by atoms with van der Waals surface area (Å²) in [7, 11) is 0. The lowest BCUT2D eigenvalue weighted by Gasteiger charge is -2.28. The molecule has 0 atom stereocenters. The second-order valence-corrected chi connectivity index (χ2v) is 9.34. The van der Waals surface area contributed by atoms with Crippen molar-refractivity contribution in [1.82, 2.24) is 19.5 Å². The third kappa shape index (κ3) is 5.55. The molecule has 0 radical (unpaired) electrons.